The summed E-state index contributed by atoms with van der Waals surface area (Å²) in [6.07, 6.45) is 0. The molecular formula is C19H19N3O2S. The van der Waals surface area contributed by atoms with Crippen LogP contribution in [0.25, 0.3) is 11.4 Å². The van der Waals surface area contributed by atoms with Gasteiger partial charge in [-0.1, -0.05) is 53.2 Å². The Labute approximate surface area is 151 Å². The first kappa shape index (κ1) is 17.2. The molecule has 0 bridgehead atoms. The van der Waals surface area contributed by atoms with Gasteiger partial charge in [0.25, 0.3) is 0 Å². The van der Waals surface area contributed by atoms with Gasteiger partial charge in [-0.2, -0.15) is 4.98 Å². The average molecular weight is 353 g/mol. The fourth-order valence-corrected chi connectivity index (χ4v) is 3.04. The van der Waals surface area contributed by atoms with Gasteiger partial charge < -0.3 is 9.42 Å². The predicted molar refractivity (Wildman–Crippen MR) is 98.1 cm³/mol. The molecule has 2 aromatic carbocycles. The van der Waals surface area contributed by atoms with Crippen molar-refractivity contribution >= 4 is 17.7 Å². The zero-order valence-electron chi connectivity index (χ0n) is 14.2. The molecule has 0 aliphatic carbocycles. The van der Waals surface area contributed by atoms with Gasteiger partial charge in [-0.15, -0.1) is 11.8 Å². The van der Waals surface area contributed by atoms with Crippen LogP contribution in [0.1, 0.15) is 11.5 Å². The van der Waals surface area contributed by atoms with E-state index in [1.165, 1.54) is 17.3 Å². The summed E-state index contributed by atoms with van der Waals surface area (Å²) in [5, 5.41) is 3.97. The quantitative estimate of drug-likeness (QED) is 0.631. The number of thioether (sulfide) groups is 1. The Kier molecular flexibility index (Phi) is 5.50. The summed E-state index contributed by atoms with van der Waals surface area (Å²) < 4.78 is 5.25. The van der Waals surface area contributed by atoms with Crippen LogP contribution in [0.2, 0.25) is 0 Å². The number of nitrogens with zero attached hydrogens (tertiary/aromatic N) is 3. The molecule has 1 amide bonds. The lowest BCUT2D eigenvalue weighted by Crippen LogP contribution is -2.27. The minimum absolute atomic E-state index is 0.0186. The van der Waals surface area contributed by atoms with Gasteiger partial charge in [-0.25, -0.2) is 0 Å². The Morgan fingerprint density at radius 1 is 1.12 bits per heavy atom. The molecule has 1 aromatic heterocycles. The van der Waals surface area contributed by atoms with Crippen molar-refractivity contribution in [1.29, 1.82) is 0 Å². The standard InChI is InChI=1S/C19H19N3O2S/c1-14-8-10-16(11-9-14)25-13-18(23)22(2)12-17-20-19(21-24-17)15-6-4-3-5-7-15/h3-11H,12-13H2,1-2H3. The van der Waals surface area contributed by atoms with Crippen LogP contribution in [0.15, 0.2) is 64.0 Å². The van der Waals surface area contributed by atoms with Crippen LogP contribution in [-0.2, 0) is 11.3 Å². The third-order valence-electron chi connectivity index (χ3n) is 3.68. The molecule has 6 heteroatoms. The number of rotatable bonds is 6. The fourth-order valence-electron chi connectivity index (χ4n) is 2.20. The zero-order valence-corrected chi connectivity index (χ0v) is 15.0. The normalized spacial score (nSPS) is 10.6. The first-order valence-corrected chi connectivity index (χ1v) is 8.92. The van der Waals surface area contributed by atoms with Crippen molar-refractivity contribution in [2.75, 3.05) is 12.8 Å². The minimum atomic E-state index is 0.0186. The Bertz CT molecular complexity index is 831. The second kappa shape index (κ2) is 7.98. The molecule has 3 rings (SSSR count). The van der Waals surface area contributed by atoms with Gasteiger partial charge in [-0.05, 0) is 19.1 Å². The molecule has 0 radical (unpaired) electrons. The van der Waals surface area contributed by atoms with Crippen LogP contribution < -0.4 is 0 Å². The van der Waals surface area contributed by atoms with E-state index in [4.69, 9.17) is 4.52 Å². The highest BCUT2D eigenvalue weighted by molar-refractivity contribution is 8.00. The summed E-state index contributed by atoms with van der Waals surface area (Å²) in [6.45, 7) is 2.34. The van der Waals surface area contributed by atoms with Gasteiger partial charge in [0.15, 0.2) is 0 Å². The summed E-state index contributed by atoms with van der Waals surface area (Å²) in [5.41, 5.74) is 2.10. The molecule has 0 saturated carbocycles. The molecule has 0 saturated heterocycles. The van der Waals surface area contributed by atoms with Crippen molar-refractivity contribution < 1.29 is 9.32 Å². The van der Waals surface area contributed by atoms with Crippen molar-refractivity contribution in [1.82, 2.24) is 15.0 Å². The van der Waals surface area contributed by atoms with E-state index < -0.39 is 0 Å². The molecule has 0 fully saturated rings. The Balaban J connectivity index is 1.54. The maximum atomic E-state index is 12.3. The van der Waals surface area contributed by atoms with Crippen molar-refractivity contribution in [3.8, 4) is 11.4 Å². The van der Waals surface area contributed by atoms with E-state index in [1.807, 2.05) is 61.5 Å². The van der Waals surface area contributed by atoms with Gasteiger partial charge in [0.05, 0.1) is 12.3 Å². The molecule has 0 aliphatic heterocycles. The van der Waals surface area contributed by atoms with Crippen molar-refractivity contribution in [2.24, 2.45) is 0 Å². The van der Waals surface area contributed by atoms with E-state index in [0.29, 0.717) is 24.0 Å². The molecule has 128 valence electrons. The van der Waals surface area contributed by atoms with Crippen LogP contribution in [0.3, 0.4) is 0 Å². The molecule has 0 aliphatic rings. The second-order valence-corrected chi connectivity index (χ2v) is 6.78. The maximum absolute atomic E-state index is 12.3. The Morgan fingerprint density at radius 3 is 2.56 bits per heavy atom. The number of carbonyl (C=O) groups excluding carboxylic acids is 1. The zero-order chi connectivity index (χ0) is 17.6. The summed E-state index contributed by atoms with van der Waals surface area (Å²) in [6, 6.07) is 17.7. The highest BCUT2D eigenvalue weighted by atomic mass is 32.2. The maximum Gasteiger partial charge on any atom is 0.246 e. The van der Waals surface area contributed by atoms with Crippen molar-refractivity contribution in [3.05, 3.63) is 66.1 Å². The summed E-state index contributed by atoms with van der Waals surface area (Å²) in [5.74, 6) is 1.35. The lowest BCUT2D eigenvalue weighted by Gasteiger charge is -2.14. The molecule has 5 nitrogen and oxygen atoms in total. The number of carbonyl (C=O) groups is 1. The predicted octanol–water partition coefficient (Wildman–Crippen LogP) is 3.80. The molecule has 3 aromatic rings. The number of amides is 1. The Morgan fingerprint density at radius 2 is 1.84 bits per heavy atom. The van der Waals surface area contributed by atoms with Crippen molar-refractivity contribution in [2.45, 2.75) is 18.4 Å². The molecule has 0 spiro atoms. The number of aryl methyl sites for hydroxylation is 1. The number of hydrogen-bond donors (Lipinski definition) is 0. The van der Waals surface area contributed by atoms with Crippen LogP contribution >= 0.6 is 11.8 Å². The second-order valence-electron chi connectivity index (χ2n) is 5.73. The van der Waals surface area contributed by atoms with Gasteiger partial charge in [0.2, 0.25) is 17.6 Å². The van der Waals surface area contributed by atoms with Crippen LogP contribution in [0, 0.1) is 6.92 Å². The van der Waals surface area contributed by atoms with Gasteiger partial charge >= 0.3 is 0 Å². The van der Waals surface area contributed by atoms with Gasteiger partial charge in [-0.3, -0.25) is 4.79 Å². The van der Waals surface area contributed by atoms with Gasteiger partial charge in [0, 0.05) is 17.5 Å². The van der Waals surface area contributed by atoms with E-state index in [2.05, 4.69) is 10.1 Å². The lowest BCUT2D eigenvalue weighted by molar-refractivity contribution is -0.127. The molecule has 0 unspecified atom stereocenters. The van der Waals surface area contributed by atoms with Gasteiger partial charge in [0.1, 0.15) is 0 Å². The molecular weight excluding hydrogens is 334 g/mol. The van der Waals surface area contributed by atoms with E-state index in [1.54, 1.807) is 11.9 Å². The van der Waals surface area contributed by atoms with Crippen LogP contribution in [0.4, 0.5) is 0 Å². The first-order chi connectivity index (χ1) is 12.1. The highest BCUT2D eigenvalue weighted by Gasteiger charge is 2.15. The highest BCUT2D eigenvalue weighted by Crippen LogP contribution is 2.19. The van der Waals surface area contributed by atoms with E-state index in [9.17, 15) is 4.79 Å². The van der Waals surface area contributed by atoms with Crippen molar-refractivity contribution in [3.63, 3.8) is 0 Å². The lowest BCUT2D eigenvalue weighted by atomic mass is 10.2. The largest absolute Gasteiger partial charge is 0.337 e. The van der Waals surface area contributed by atoms with E-state index >= 15 is 0 Å². The summed E-state index contributed by atoms with van der Waals surface area (Å²) >= 11 is 1.52. The van der Waals surface area contributed by atoms with E-state index in [0.717, 1.165) is 10.5 Å². The molecule has 1 heterocycles. The molecule has 0 N–H and O–H groups in total. The molecule has 25 heavy (non-hydrogen) atoms. The van der Waals surface area contributed by atoms with E-state index in [-0.39, 0.29) is 5.91 Å². The van der Waals surface area contributed by atoms with Crippen LogP contribution in [-0.4, -0.2) is 33.7 Å². The number of hydrogen-bond acceptors (Lipinski definition) is 5. The molecule has 0 atom stereocenters. The smallest absolute Gasteiger partial charge is 0.246 e. The average Bonchev–Trinajstić information content (AvgIpc) is 3.10. The number of benzene rings is 2. The monoisotopic (exact) mass is 353 g/mol. The third kappa shape index (κ3) is 4.70. The minimum Gasteiger partial charge on any atom is -0.337 e. The Hall–Kier alpha value is -2.60. The third-order valence-corrected chi connectivity index (χ3v) is 4.68. The first-order valence-electron chi connectivity index (χ1n) is 7.93. The number of aromatic nitrogens is 2. The van der Waals surface area contributed by atoms with Crippen LogP contribution in [0.5, 0.6) is 0 Å². The topological polar surface area (TPSA) is 59.2 Å². The summed E-state index contributed by atoms with van der Waals surface area (Å²) in [4.78, 5) is 19.3. The summed E-state index contributed by atoms with van der Waals surface area (Å²) in [7, 11) is 1.74. The SMILES string of the molecule is Cc1ccc(SCC(=O)N(C)Cc2nc(-c3ccccc3)no2)cc1. The fraction of sp³-hybridized carbons (Fsp3) is 0.211.